The Morgan fingerprint density at radius 1 is 1.21 bits per heavy atom. The molecule has 1 unspecified atom stereocenters. The Morgan fingerprint density at radius 3 is 2.58 bits per heavy atom. The molecule has 180 valence electrons. The van der Waals surface area contributed by atoms with Crippen LogP contribution in [-0.4, -0.2) is 57.9 Å². The molecule has 33 heavy (non-hydrogen) atoms. The van der Waals surface area contributed by atoms with Crippen LogP contribution in [0, 0.1) is 11.8 Å². The number of pyridine rings is 1. The summed E-state index contributed by atoms with van der Waals surface area (Å²) in [6, 6.07) is 4.46. The van der Waals surface area contributed by atoms with Gasteiger partial charge in [-0.25, -0.2) is 4.98 Å². The fourth-order valence-electron chi connectivity index (χ4n) is 5.82. The van der Waals surface area contributed by atoms with Crippen molar-refractivity contribution >= 4 is 5.82 Å². The van der Waals surface area contributed by atoms with Gasteiger partial charge in [-0.2, -0.15) is 5.10 Å². The molecule has 3 heterocycles. The van der Waals surface area contributed by atoms with E-state index in [4.69, 9.17) is 15.6 Å². The molecular formula is C23H30F3N5O2. The lowest BCUT2D eigenvalue weighted by molar-refractivity contribution is -0.274. The van der Waals surface area contributed by atoms with Crippen LogP contribution in [0.15, 0.2) is 18.3 Å². The number of ether oxygens (including phenoxy) is 2. The Labute approximate surface area is 191 Å². The monoisotopic (exact) mass is 465 g/mol. The molecule has 5 rings (SSSR count). The van der Waals surface area contributed by atoms with Crippen molar-refractivity contribution in [3.8, 4) is 17.0 Å². The van der Waals surface area contributed by atoms with Gasteiger partial charge in [-0.3, -0.25) is 9.58 Å². The molecule has 2 aromatic heterocycles. The van der Waals surface area contributed by atoms with Gasteiger partial charge in [0, 0.05) is 48.0 Å². The predicted octanol–water partition coefficient (Wildman–Crippen LogP) is 4.22. The van der Waals surface area contributed by atoms with Crippen LogP contribution in [0.2, 0.25) is 0 Å². The second kappa shape index (κ2) is 8.16. The maximum atomic E-state index is 12.7. The number of rotatable bonds is 5. The first kappa shape index (κ1) is 22.5. The summed E-state index contributed by atoms with van der Waals surface area (Å²) in [4.78, 5) is 6.50. The van der Waals surface area contributed by atoms with E-state index in [-0.39, 0.29) is 11.9 Å². The Balaban J connectivity index is 1.36. The van der Waals surface area contributed by atoms with Crippen LogP contribution >= 0.6 is 0 Å². The molecule has 2 N–H and O–H groups in total. The van der Waals surface area contributed by atoms with Crippen LogP contribution in [0.3, 0.4) is 0 Å². The molecule has 2 aliphatic carbocycles. The van der Waals surface area contributed by atoms with E-state index in [2.05, 4.69) is 35.4 Å². The topological polar surface area (TPSA) is 78.4 Å². The minimum absolute atomic E-state index is 0.137. The molecule has 0 bridgehead atoms. The van der Waals surface area contributed by atoms with Crippen LogP contribution in [0.5, 0.6) is 5.75 Å². The average Bonchev–Trinajstić information content (AvgIpc) is 3.09. The molecular weight excluding hydrogens is 435 g/mol. The highest BCUT2D eigenvalue weighted by Crippen LogP contribution is 2.64. The highest BCUT2D eigenvalue weighted by Gasteiger charge is 2.59. The van der Waals surface area contributed by atoms with Gasteiger partial charge in [-0.15, -0.1) is 13.2 Å². The average molecular weight is 466 g/mol. The Morgan fingerprint density at radius 2 is 1.94 bits per heavy atom. The van der Waals surface area contributed by atoms with Gasteiger partial charge in [0.25, 0.3) is 0 Å². The number of alkyl halides is 3. The number of nitrogens with two attached hydrogens (primary N) is 1. The Bertz CT molecular complexity index is 1010. The van der Waals surface area contributed by atoms with Gasteiger partial charge in [0.05, 0.1) is 18.9 Å². The van der Waals surface area contributed by atoms with E-state index in [1.54, 1.807) is 0 Å². The van der Waals surface area contributed by atoms with Gasteiger partial charge >= 0.3 is 6.36 Å². The fraction of sp³-hybridized carbons (Fsp3) is 0.652. The quantitative estimate of drug-likeness (QED) is 0.713. The Kier molecular flexibility index (Phi) is 5.55. The summed E-state index contributed by atoms with van der Waals surface area (Å²) < 4.78 is 49.8. The molecule has 10 heteroatoms. The van der Waals surface area contributed by atoms with Gasteiger partial charge in [-0.1, -0.05) is 0 Å². The third kappa shape index (κ3) is 4.30. The number of aromatic nitrogens is 3. The summed E-state index contributed by atoms with van der Waals surface area (Å²) >= 11 is 0. The summed E-state index contributed by atoms with van der Waals surface area (Å²) in [5, 5.41) is 4.73. The van der Waals surface area contributed by atoms with E-state index in [0.717, 1.165) is 25.5 Å². The van der Waals surface area contributed by atoms with Crippen molar-refractivity contribution in [3.63, 3.8) is 0 Å². The zero-order valence-corrected chi connectivity index (χ0v) is 19.0. The van der Waals surface area contributed by atoms with Crippen molar-refractivity contribution < 1.29 is 22.6 Å². The van der Waals surface area contributed by atoms with Crippen LogP contribution < -0.4 is 10.5 Å². The third-order valence-corrected chi connectivity index (χ3v) is 7.31. The first-order chi connectivity index (χ1) is 15.6. The SMILES string of the molecule is CC(C)n1nc(-c2cnc(N)c(OC(F)(F)F)c2)cc1[C@@H]1[C@@H]2CC(N3CCOC[C@H]3C)C[C@@H]21. The third-order valence-electron chi connectivity index (χ3n) is 7.31. The van der Waals surface area contributed by atoms with E-state index < -0.39 is 12.1 Å². The first-order valence-corrected chi connectivity index (χ1v) is 11.6. The lowest BCUT2D eigenvalue weighted by Gasteiger charge is -2.38. The molecule has 1 saturated heterocycles. The van der Waals surface area contributed by atoms with Crippen LogP contribution in [-0.2, 0) is 4.74 Å². The van der Waals surface area contributed by atoms with E-state index >= 15 is 0 Å². The van der Waals surface area contributed by atoms with Gasteiger partial charge in [0.1, 0.15) is 0 Å². The fourth-order valence-corrected chi connectivity index (χ4v) is 5.82. The zero-order valence-electron chi connectivity index (χ0n) is 19.0. The lowest BCUT2D eigenvalue weighted by atomic mass is 10.0. The van der Waals surface area contributed by atoms with Crippen molar-refractivity contribution in [2.24, 2.45) is 11.8 Å². The molecule has 1 aliphatic heterocycles. The van der Waals surface area contributed by atoms with Crippen molar-refractivity contribution in [1.82, 2.24) is 19.7 Å². The second-order valence-corrected chi connectivity index (χ2v) is 9.79. The Hall–Kier alpha value is -2.33. The van der Waals surface area contributed by atoms with Gasteiger partial charge in [0.15, 0.2) is 11.6 Å². The van der Waals surface area contributed by atoms with Crippen molar-refractivity contribution in [2.45, 2.75) is 64.0 Å². The lowest BCUT2D eigenvalue weighted by Crippen LogP contribution is -2.49. The largest absolute Gasteiger partial charge is 0.573 e. The maximum Gasteiger partial charge on any atom is 0.573 e. The number of hydrogen-bond donors (Lipinski definition) is 1. The van der Waals surface area contributed by atoms with Crippen molar-refractivity contribution in [1.29, 1.82) is 0 Å². The van der Waals surface area contributed by atoms with Crippen LogP contribution in [0.25, 0.3) is 11.3 Å². The molecule has 0 spiro atoms. The number of fused-ring (bicyclic) bond motifs is 1. The number of halogens is 3. The minimum atomic E-state index is -4.84. The van der Waals surface area contributed by atoms with Crippen molar-refractivity contribution in [3.05, 3.63) is 24.0 Å². The molecule has 0 radical (unpaired) electrons. The summed E-state index contributed by atoms with van der Waals surface area (Å²) in [7, 11) is 0. The highest BCUT2D eigenvalue weighted by atomic mass is 19.4. The molecule has 3 fully saturated rings. The molecule has 3 aliphatic rings. The van der Waals surface area contributed by atoms with E-state index in [1.807, 2.05) is 10.7 Å². The number of nitrogen functional groups attached to an aromatic ring is 1. The van der Waals surface area contributed by atoms with E-state index in [1.165, 1.54) is 25.1 Å². The predicted molar refractivity (Wildman–Crippen MR) is 117 cm³/mol. The number of morpholine rings is 1. The molecule has 2 saturated carbocycles. The standard InChI is InChI=1S/C23H30F3N5O2/c1-12(2)31-19(21-16-7-15(8-17(16)21)30-4-5-32-11-13(30)3)9-18(29-31)14-6-20(22(27)28-10-14)33-23(24,25)26/h6,9-10,12-13,15-17,21H,4-5,7-8,11H2,1-3H3,(H2,27,28)/t13-,15?,16-,17+,21-/m1/s1. The zero-order chi connectivity index (χ0) is 23.5. The minimum Gasteiger partial charge on any atom is -0.402 e. The van der Waals surface area contributed by atoms with E-state index in [9.17, 15) is 13.2 Å². The highest BCUT2D eigenvalue weighted by molar-refractivity contribution is 5.64. The number of anilines is 1. The van der Waals surface area contributed by atoms with Gasteiger partial charge in [-0.05, 0) is 57.6 Å². The second-order valence-electron chi connectivity index (χ2n) is 9.79. The molecule has 5 atom stereocenters. The summed E-state index contributed by atoms with van der Waals surface area (Å²) in [5.41, 5.74) is 7.78. The van der Waals surface area contributed by atoms with Gasteiger partial charge < -0.3 is 15.2 Å². The molecule has 7 nitrogen and oxygen atoms in total. The van der Waals surface area contributed by atoms with Crippen LogP contribution in [0.4, 0.5) is 19.0 Å². The summed E-state index contributed by atoms with van der Waals surface area (Å²) in [6.45, 7) is 8.97. The summed E-state index contributed by atoms with van der Waals surface area (Å²) in [5.74, 6) is 0.876. The van der Waals surface area contributed by atoms with Gasteiger partial charge in [0.2, 0.25) is 0 Å². The normalized spacial score (nSPS) is 30.0. The molecule has 2 aromatic rings. The van der Waals surface area contributed by atoms with Crippen LogP contribution in [0.1, 0.15) is 51.3 Å². The number of nitrogens with zero attached hydrogens (tertiary/aromatic N) is 4. The summed E-state index contributed by atoms with van der Waals surface area (Å²) in [6.07, 6.45) is -1.05. The van der Waals surface area contributed by atoms with E-state index in [0.29, 0.717) is 41.1 Å². The maximum absolute atomic E-state index is 12.7. The number of hydrogen-bond acceptors (Lipinski definition) is 6. The smallest absolute Gasteiger partial charge is 0.402 e. The molecule has 0 aromatic carbocycles. The first-order valence-electron chi connectivity index (χ1n) is 11.6. The molecule has 0 amide bonds. The van der Waals surface area contributed by atoms with Crippen molar-refractivity contribution in [2.75, 3.05) is 25.5 Å².